The highest BCUT2D eigenvalue weighted by Crippen LogP contribution is 2.18. The van der Waals surface area contributed by atoms with Crippen LogP contribution in [0.25, 0.3) is 0 Å². The van der Waals surface area contributed by atoms with E-state index in [1.54, 1.807) is 12.4 Å². The Morgan fingerprint density at radius 1 is 1.12 bits per heavy atom. The smallest absolute Gasteiger partial charge is 0.227 e. The van der Waals surface area contributed by atoms with Crippen LogP contribution in [0.3, 0.4) is 0 Å². The van der Waals surface area contributed by atoms with Gasteiger partial charge in [-0.05, 0) is 43.2 Å². The lowest BCUT2D eigenvalue weighted by Gasteiger charge is -2.26. The van der Waals surface area contributed by atoms with Crippen LogP contribution in [-0.4, -0.2) is 54.3 Å². The van der Waals surface area contributed by atoms with Gasteiger partial charge in [0.25, 0.3) is 0 Å². The highest BCUT2D eigenvalue weighted by molar-refractivity contribution is 5.54. The average molecular weight is 328 g/mol. The van der Waals surface area contributed by atoms with Crippen molar-refractivity contribution in [2.24, 2.45) is 0 Å². The second kappa shape index (κ2) is 8.61. The zero-order chi connectivity index (χ0) is 16.6. The molecule has 6 heteroatoms. The first-order valence-corrected chi connectivity index (χ1v) is 8.38. The normalized spacial score (nSPS) is 15.2. The summed E-state index contributed by atoms with van der Waals surface area (Å²) in [6.45, 7) is 7.51. The molecule has 2 aromatic rings. The minimum Gasteiger partial charge on any atom is -0.494 e. The lowest BCUT2D eigenvalue weighted by molar-refractivity contribution is 0.0358. The van der Waals surface area contributed by atoms with Crippen LogP contribution in [-0.2, 0) is 4.74 Å². The summed E-state index contributed by atoms with van der Waals surface area (Å²) in [4.78, 5) is 10.9. The molecule has 0 saturated carbocycles. The highest BCUT2D eigenvalue weighted by Gasteiger charge is 2.09. The van der Waals surface area contributed by atoms with Crippen molar-refractivity contribution in [1.82, 2.24) is 14.9 Å². The fourth-order valence-electron chi connectivity index (χ4n) is 2.52. The van der Waals surface area contributed by atoms with E-state index in [9.17, 15) is 0 Å². The number of aryl methyl sites for hydroxylation is 1. The average Bonchev–Trinajstić information content (AvgIpc) is 2.63. The van der Waals surface area contributed by atoms with Crippen molar-refractivity contribution in [1.29, 1.82) is 0 Å². The van der Waals surface area contributed by atoms with Crippen LogP contribution >= 0.6 is 0 Å². The van der Waals surface area contributed by atoms with Crippen molar-refractivity contribution in [2.45, 2.75) is 13.3 Å². The van der Waals surface area contributed by atoms with E-state index >= 15 is 0 Å². The molecule has 0 radical (unpaired) electrons. The first-order valence-electron chi connectivity index (χ1n) is 8.38. The Balaban J connectivity index is 1.40. The molecule has 0 bridgehead atoms. The Morgan fingerprint density at radius 2 is 1.83 bits per heavy atom. The molecule has 0 atom stereocenters. The summed E-state index contributed by atoms with van der Waals surface area (Å²) < 4.78 is 11.1. The van der Waals surface area contributed by atoms with Gasteiger partial charge in [-0.25, -0.2) is 9.97 Å². The molecule has 3 rings (SSSR count). The summed E-state index contributed by atoms with van der Waals surface area (Å²) in [5.74, 6) is 1.48. The van der Waals surface area contributed by atoms with Crippen molar-refractivity contribution in [3.05, 3.63) is 42.2 Å². The molecule has 1 aromatic heterocycles. The van der Waals surface area contributed by atoms with Gasteiger partial charge in [0.15, 0.2) is 0 Å². The third-order valence-electron chi connectivity index (χ3n) is 3.88. The molecule has 0 amide bonds. The Kier molecular flexibility index (Phi) is 5.98. The summed E-state index contributed by atoms with van der Waals surface area (Å²) in [7, 11) is 0. The summed E-state index contributed by atoms with van der Waals surface area (Å²) in [6.07, 6.45) is 4.61. The van der Waals surface area contributed by atoms with E-state index in [4.69, 9.17) is 9.47 Å². The van der Waals surface area contributed by atoms with Crippen LogP contribution in [0.5, 0.6) is 5.75 Å². The van der Waals surface area contributed by atoms with Gasteiger partial charge in [0.2, 0.25) is 5.95 Å². The fraction of sp³-hybridized carbons (Fsp3) is 0.444. The SMILES string of the molecule is Cc1cnc(Nc2ccc(OCCCN3CCOCC3)cc2)nc1. The number of anilines is 2. The van der Waals surface area contributed by atoms with Crippen LogP contribution in [0.4, 0.5) is 11.6 Å². The van der Waals surface area contributed by atoms with Gasteiger partial charge in [-0.3, -0.25) is 4.90 Å². The van der Waals surface area contributed by atoms with E-state index in [1.165, 1.54) is 0 Å². The second-order valence-corrected chi connectivity index (χ2v) is 5.89. The second-order valence-electron chi connectivity index (χ2n) is 5.89. The topological polar surface area (TPSA) is 59.5 Å². The number of hydrogen-bond acceptors (Lipinski definition) is 6. The van der Waals surface area contributed by atoms with Gasteiger partial charge in [0.1, 0.15) is 5.75 Å². The third kappa shape index (κ3) is 5.18. The predicted octanol–water partition coefficient (Wildman–Crippen LogP) is 2.63. The first-order chi connectivity index (χ1) is 11.8. The molecule has 1 aliphatic heterocycles. The predicted molar refractivity (Wildman–Crippen MR) is 93.9 cm³/mol. The molecule has 1 N–H and O–H groups in total. The van der Waals surface area contributed by atoms with E-state index in [1.807, 2.05) is 31.2 Å². The molecule has 24 heavy (non-hydrogen) atoms. The van der Waals surface area contributed by atoms with Gasteiger partial charge in [-0.2, -0.15) is 0 Å². The zero-order valence-corrected chi connectivity index (χ0v) is 14.1. The summed E-state index contributed by atoms with van der Waals surface area (Å²) in [5.41, 5.74) is 1.99. The van der Waals surface area contributed by atoms with Gasteiger partial charge in [0, 0.05) is 37.7 Å². The molecule has 1 fully saturated rings. The number of benzene rings is 1. The minimum absolute atomic E-state index is 0.597. The van der Waals surface area contributed by atoms with Gasteiger partial charge in [0.05, 0.1) is 19.8 Å². The fourth-order valence-corrected chi connectivity index (χ4v) is 2.52. The van der Waals surface area contributed by atoms with Crippen LogP contribution in [0.2, 0.25) is 0 Å². The van der Waals surface area contributed by atoms with E-state index in [-0.39, 0.29) is 0 Å². The number of aromatic nitrogens is 2. The highest BCUT2D eigenvalue weighted by atomic mass is 16.5. The minimum atomic E-state index is 0.597. The van der Waals surface area contributed by atoms with E-state index in [2.05, 4.69) is 20.2 Å². The van der Waals surface area contributed by atoms with Gasteiger partial charge < -0.3 is 14.8 Å². The van der Waals surface area contributed by atoms with Crippen LogP contribution in [0.15, 0.2) is 36.7 Å². The lowest BCUT2D eigenvalue weighted by Crippen LogP contribution is -2.37. The number of rotatable bonds is 7. The maximum absolute atomic E-state index is 5.80. The zero-order valence-electron chi connectivity index (χ0n) is 14.1. The summed E-state index contributed by atoms with van der Waals surface area (Å²) in [5, 5.41) is 3.17. The van der Waals surface area contributed by atoms with E-state index < -0.39 is 0 Å². The van der Waals surface area contributed by atoms with Crippen molar-refractivity contribution < 1.29 is 9.47 Å². The quantitative estimate of drug-likeness (QED) is 0.789. The molecule has 0 aliphatic carbocycles. The molecule has 1 saturated heterocycles. The Morgan fingerprint density at radius 3 is 2.54 bits per heavy atom. The van der Waals surface area contributed by atoms with E-state index in [0.717, 1.165) is 62.9 Å². The number of morpholine rings is 1. The molecule has 0 spiro atoms. The standard InChI is InChI=1S/C18H24N4O2/c1-15-13-19-18(20-14-15)21-16-3-5-17(6-4-16)24-10-2-7-22-8-11-23-12-9-22/h3-6,13-14H,2,7-12H2,1H3,(H,19,20,21). The van der Waals surface area contributed by atoms with Crippen molar-refractivity contribution >= 4 is 11.6 Å². The number of ether oxygens (including phenoxy) is 2. The molecule has 0 unspecified atom stereocenters. The monoisotopic (exact) mass is 328 g/mol. The van der Waals surface area contributed by atoms with Gasteiger partial charge >= 0.3 is 0 Å². The third-order valence-corrected chi connectivity index (χ3v) is 3.88. The molecule has 1 aliphatic rings. The molecule has 2 heterocycles. The number of nitrogens with one attached hydrogen (secondary N) is 1. The van der Waals surface area contributed by atoms with Gasteiger partial charge in [-0.1, -0.05) is 0 Å². The molecular weight excluding hydrogens is 304 g/mol. The lowest BCUT2D eigenvalue weighted by atomic mass is 10.3. The molecule has 6 nitrogen and oxygen atoms in total. The Labute approximate surface area is 142 Å². The first kappa shape index (κ1) is 16.7. The van der Waals surface area contributed by atoms with Crippen LogP contribution < -0.4 is 10.1 Å². The van der Waals surface area contributed by atoms with Crippen LogP contribution in [0, 0.1) is 6.92 Å². The molecule has 128 valence electrons. The molecular formula is C18H24N4O2. The Hall–Kier alpha value is -2.18. The maximum Gasteiger partial charge on any atom is 0.227 e. The Bertz CT molecular complexity index is 610. The van der Waals surface area contributed by atoms with Gasteiger partial charge in [-0.15, -0.1) is 0 Å². The summed E-state index contributed by atoms with van der Waals surface area (Å²) >= 11 is 0. The number of nitrogens with zero attached hydrogens (tertiary/aromatic N) is 3. The van der Waals surface area contributed by atoms with Crippen molar-refractivity contribution in [3.8, 4) is 5.75 Å². The molecule has 1 aromatic carbocycles. The largest absolute Gasteiger partial charge is 0.494 e. The maximum atomic E-state index is 5.80. The van der Waals surface area contributed by atoms with Crippen molar-refractivity contribution in [2.75, 3.05) is 44.8 Å². The van der Waals surface area contributed by atoms with Crippen LogP contribution in [0.1, 0.15) is 12.0 Å². The number of hydrogen-bond donors (Lipinski definition) is 1. The van der Waals surface area contributed by atoms with Crippen molar-refractivity contribution in [3.63, 3.8) is 0 Å². The summed E-state index contributed by atoms with van der Waals surface area (Å²) in [6, 6.07) is 7.87. The van der Waals surface area contributed by atoms with E-state index in [0.29, 0.717) is 5.95 Å².